The van der Waals surface area contributed by atoms with Crippen LogP contribution in [-0.2, 0) is 9.53 Å². The molecule has 0 bridgehead atoms. The first-order chi connectivity index (χ1) is 17.9. The number of nitrogens with zero attached hydrogens (tertiary/aromatic N) is 6. The quantitative estimate of drug-likeness (QED) is 0.620. The Labute approximate surface area is 220 Å². The highest BCUT2D eigenvalue weighted by atomic mass is 16.5. The number of carbonyl (C=O) groups is 1. The van der Waals surface area contributed by atoms with E-state index >= 15 is 0 Å². The minimum Gasteiger partial charge on any atom is -0.370 e. The number of carbonyl (C=O) groups excluding carboxylic acids is 1. The van der Waals surface area contributed by atoms with Gasteiger partial charge < -0.3 is 19.4 Å². The van der Waals surface area contributed by atoms with Crippen molar-refractivity contribution in [3.63, 3.8) is 0 Å². The first kappa shape index (κ1) is 25.9. The third-order valence-electron chi connectivity index (χ3n) is 8.13. The van der Waals surface area contributed by atoms with Crippen LogP contribution in [0.1, 0.15) is 39.2 Å². The van der Waals surface area contributed by atoms with Crippen LogP contribution in [0.15, 0.2) is 30.3 Å². The fraction of sp³-hybridized carbons (Fsp3) is 0.621. The lowest BCUT2D eigenvalue weighted by Crippen LogP contribution is -2.56. The van der Waals surface area contributed by atoms with Gasteiger partial charge >= 0.3 is 0 Å². The molecule has 3 fully saturated rings. The average molecular weight is 505 g/mol. The van der Waals surface area contributed by atoms with Crippen molar-refractivity contribution >= 4 is 22.6 Å². The van der Waals surface area contributed by atoms with Gasteiger partial charge in [-0.1, -0.05) is 26.0 Å². The second kappa shape index (κ2) is 11.3. The Balaban J connectivity index is 1.14. The predicted molar refractivity (Wildman–Crippen MR) is 145 cm³/mol. The topological polar surface area (TPSA) is 75.9 Å². The molecule has 0 radical (unpaired) electrons. The fourth-order valence-electron chi connectivity index (χ4n) is 6.16. The third kappa shape index (κ3) is 5.90. The molecule has 2 unspecified atom stereocenters. The van der Waals surface area contributed by atoms with E-state index in [1.165, 1.54) is 12.8 Å². The molecule has 1 amide bonds. The molecule has 8 heteroatoms. The number of piperidine rings is 1. The summed E-state index contributed by atoms with van der Waals surface area (Å²) in [5, 5.41) is 10.5. The van der Waals surface area contributed by atoms with Crippen LogP contribution in [0.4, 0.5) is 5.82 Å². The number of aromatic nitrogens is 1. The summed E-state index contributed by atoms with van der Waals surface area (Å²) in [6.45, 7) is 14.5. The molecule has 1 aromatic heterocycles. The van der Waals surface area contributed by atoms with Crippen LogP contribution in [0, 0.1) is 17.2 Å². The largest absolute Gasteiger partial charge is 0.370 e. The van der Waals surface area contributed by atoms with Crippen LogP contribution in [0.2, 0.25) is 0 Å². The van der Waals surface area contributed by atoms with Gasteiger partial charge in [0.1, 0.15) is 11.9 Å². The minimum atomic E-state index is 0.0856. The number of likely N-dealkylation sites (tertiary alicyclic amines) is 1. The summed E-state index contributed by atoms with van der Waals surface area (Å²) in [4.78, 5) is 26.7. The molecule has 0 aliphatic carbocycles. The zero-order valence-electron chi connectivity index (χ0n) is 22.5. The summed E-state index contributed by atoms with van der Waals surface area (Å²) < 4.78 is 6.36. The lowest BCUT2D eigenvalue weighted by Gasteiger charge is -2.44. The number of hydrogen-bond acceptors (Lipinski definition) is 7. The SMILES string of the molecule is CC1CN(c2ccc3cccc(C#N)c3n2)CC(CN2CCC(N3CCN(C(=O)C(C)C)CC3)CC2)O1. The summed E-state index contributed by atoms with van der Waals surface area (Å²) in [7, 11) is 0. The summed E-state index contributed by atoms with van der Waals surface area (Å²) in [6.07, 6.45) is 2.61. The van der Waals surface area contributed by atoms with E-state index in [-0.39, 0.29) is 24.0 Å². The van der Waals surface area contributed by atoms with E-state index in [1.54, 1.807) is 0 Å². The van der Waals surface area contributed by atoms with E-state index in [4.69, 9.17) is 9.72 Å². The van der Waals surface area contributed by atoms with Gasteiger partial charge in [0, 0.05) is 63.2 Å². The molecule has 0 N–H and O–H groups in total. The number of anilines is 1. The van der Waals surface area contributed by atoms with E-state index in [0.29, 0.717) is 11.6 Å². The number of pyridine rings is 1. The molecular formula is C29H40N6O2. The Morgan fingerprint density at radius 2 is 1.84 bits per heavy atom. The molecule has 198 valence electrons. The Morgan fingerprint density at radius 1 is 1.08 bits per heavy atom. The maximum atomic E-state index is 12.3. The molecule has 3 aliphatic rings. The monoisotopic (exact) mass is 504 g/mol. The molecule has 1 aromatic carbocycles. The predicted octanol–water partition coefficient (Wildman–Crippen LogP) is 2.96. The molecule has 4 heterocycles. The maximum absolute atomic E-state index is 12.3. The first-order valence-corrected chi connectivity index (χ1v) is 13.9. The molecule has 2 atom stereocenters. The van der Waals surface area contributed by atoms with E-state index in [0.717, 1.165) is 75.6 Å². The van der Waals surface area contributed by atoms with Gasteiger partial charge in [-0.2, -0.15) is 5.26 Å². The van der Waals surface area contributed by atoms with Crippen LogP contribution in [0.25, 0.3) is 10.9 Å². The van der Waals surface area contributed by atoms with Crippen molar-refractivity contribution in [2.75, 3.05) is 63.8 Å². The standard InChI is InChI=1S/C29H40N6O2/c1-21(2)29(36)34-15-13-33(14-16-34)25-9-11-32(12-10-25)19-26-20-35(18-22(3)37-26)27-8-7-23-5-4-6-24(17-30)28(23)31-27/h4-8,21-22,25-26H,9-16,18-20H2,1-3H3. The minimum absolute atomic E-state index is 0.0856. The van der Waals surface area contributed by atoms with Crippen LogP contribution >= 0.6 is 0 Å². The summed E-state index contributed by atoms with van der Waals surface area (Å²) in [6, 6.07) is 12.8. The van der Waals surface area contributed by atoms with E-state index in [2.05, 4.69) is 39.8 Å². The summed E-state index contributed by atoms with van der Waals surface area (Å²) in [5.74, 6) is 1.29. The number of ether oxygens (including phenoxy) is 1. The highest BCUT2D eigenvalue weighted by Crippen LogP contribution is 2.25. The zero-order chi connectivity index (χ0) is 25.9. The number of morpholine rings is 1. The van der Waals surface area contributed by atoms with Crippen LogP contribution in [0.3, 0.4) is 0 Å². The molecule has 0 spiro atoms. The van der Waals surface area contributed by atoms with Gasteiger partial charge in [0.15, 0.2) is 0 Å². The van der Waals surface area contributed by atoms with Crippen LogP contribution < -0.4 is 4.90 Å². The van der Waals surface area contributed by atoms with Gasteiger partial charge in [-0.25, -0.2) is 4.98 Å². The maximum Gasteiger partial charge on any atom is 0.225 e. The van der Waals surface area contributed by atoms with Gasteiger partial charge in [-0.3, -0.25) is 9.69 Å². The number of para-hydroxylation sites is 1. The molecule has 0 saturated carbocycles. The molecule has 8 nitrogen and oxygen atoms in total. The number of hydrogen-bond donors (Lipinski definition) is 0. The van der Waals surface area contributed by atoms with Crippen molar-refractivity contribution in [1.29, 1.82) is 5.26 Å². The normalized spacial score (nSPS) is 24.5. The smallest absolute Gasteiger partial charge is 0.225 e. The van der Waals surface area contributed by atoms with Gasteiger partial charge in [-0.05, 0) is 51.1 Å². The zero-order valence-corrected chi connectivity index (χ0v) is 22.5. The Morgan fingerprint density at radius 3 is 2.54 bits per heavy atom. The lowest BCUT2D eigenvalue weighted by molar-refractivity contribution is -0.136. The Kier molecular flexibility index (Phi) is 7.94. The van der Waals surface area contributed by atoms with Crippen molar-refractivity contribution in [3.8, 4) is 6.07 Å². The molecular weight excluding hydrogens is 464 g/mol. The lowest BCUT2D eigenvalue weighted by atomic mass is 10.0. The number of fused-ring (bicyclic) bond motifs is 1. The molecule has 3 aliphatic heterocycles. The second-order valence-corrected chi connectivity index (χ2v) is 11.2. The number of rotatable bonds is 5. The Bertz CT molecular complexity index is 1130. The van der Waals surface area contributed by atoms with E-state index < -0.39 is 0 Å². The number of amides is 1. The highest BCUT2D eigenvalue weighted by Gasteiger charge is 2.32. The molecule has 3 saturated heterocycles. The van der Waals surface area contributed by atoms with Crippen LogP contribution in [-0.4, -0.2) is 103 Å². The molecule has 37 heavy (non-hydrogen) atoms. The van der Waals surface area contributed by atoms with Gasteiger partial charge in [0.25, 0.3) is 0 Å². The number of nitriles is 1. The number of benzene rings is 1. The van der Waals surface area contributed by atoms with E-state index in [9.17, 15) is 10.1 Å². The van der Waals surface area contributed by atoms with E-state index in [1.807, 2.05) is 36.9 Å². The van der Waals surface area contributed by atoms with Gasteiger partial charge in [0.05, 0.1) is 23.3 Å². The molecule has 5 rings (SSSR count). The van der Waals surface area contributed by atoms with Crippen molar-refractivity contribution in [2.24, 2.45) is 5.92 Å². The summed E-state index contributed by atoms with van der Waals surface area (Å²) in [5.41, 5.74) is 1.39. The van der Waals surface area contributed by atoms with Crippen molar-refractivity contribution in [1.82, 2.24) is 19.7 Å². The highest BCUT2D eigenvalue weighted by molar-refractivity contribution is 5.85. The van der Waals surface area contributed by atoms with Crippen LogP contribution in [0.5, 0.6) is 0 Å². The van der Waals surface area contributed by atoms with Crippen molar-refractivity contribution in [2.45, 2.75) is 51.9 Å². The fourth-order valence-corrected chi connectivity index (χ4v) is 6.16. The van der Waals surface area contributed by atoms with Crippen molar-refractivity contribution < 1.29 is 9.53 Å². The third-order valence-corrected chi connectivity index (χ3v) is 8.13. The summed E-state index contributed by atoms with van der Waals surface area (Å²) >= 11 is 0. The average Bonchev–Trinajstić information content (AvgIpc) is 2.92. The Hall–Kier alpha value is -2.73. The van der Waals surface area contributed by atoms with Crippen molar-refractivity contribution in [3.05, 3.63) is 35.9 Å². The second-order valence-electron chi connectivity index (χ2n) is 11.2. The number of piperazine rings is 1. The first-order valence-electron chi connectivity index (χ1n) is 13.9. The molecule has 2 aromatic rings. The van der Waals surface area contributed by atoms with Gasteiger partial charge in [-0.15, -0.1) is 0 Å². The van der Waals surface area contributed by atoms with Gasteiger partial charge in [0.2, 0.25) is 5.91 Å².